The van der Waals surface area contributed by atoms with E-state index in [2.05, 4.69) is 10.3 Å². The number of benzene rings is 2. The first kappa shape index (κ1) is 20.4. The Labute approximate surface area is 161 Å². The van der Waals surface area contributed by atoms with Crippen molar-refractivity contribution in [1.29, 1.82) is 0 Å². The first-order valence-electron chi connectivity index (χ1n) is 9.24. The molecule has 0 amide bonds. The number of rotatable bonds is 9. The van der Waals surface area contributed by atoms with Gasteiger partial charge in [0.1, 0.15) is 17.2 Å². The minimum atomic E-state index is 0.153. The molecule has 6 heteroatoms. The smallest absolute Gasteiger partial charge is 0.193 e. The summed E-state index contributed by atoms with van der Waals surface area (Å²) >= 11 is 0. The number of ether oxygens (including phenoxy) is 3. The fraction of sp³-hybridized carbons (Fsp3) is 0.381. The van der Waals surface area contributed by atoms with Gasteiger partial charge in [-0.2, -0.15) is 0 Å². The first-order chi connectivity index (χ1) is 13.0. The van der Waals surface area contributed by atoms with Crippen LogP contribution in [-0.4, -0.2) is 25.3 Å². The van der Waals surface area contributed by atoms with Gasteiger partial charge in [0, 0.05) is 6.07 Å². The third-order valence-electron chi connectivity index (χ3n) is 3.55. The molecule has 2 aromatic rings. The highest BCUT2D eigenvalue weighted by molar-refractivity contribution is 5.94. The van der Waals surface area contributed by atoms with Gasteiger partial charge >= 0.3 is 0 Å². The minimum Gasteiger partial charge on any atom is -0.494 e. The second-order valence-electron chi connectivity index (χ2n) is 6.16. The maximum atomic E-state index is 6.06. The predicted molar refractivity (Wildman–Crippen MR) is 110 cm³/mol. The molecule has 0 unspecified atom stereocenters. The highest BCUT2D eigenvalue weighted by Gasteiger charge is 2.07. The van der Waals surface area contributed by atoms with Crippen molar-refractivity contribution in [2.75, 3.05) is 18.5 Å². The van der Waals surface area contributed by atoms with Crippen LogP contribution in [0, 0.1) is 0 Å². The number of hydrogen-bond acceptors (Lipinski definition) is 4. The molecule has 0 aliphatic rings. The molecule has 0 fully saturated rings. The van der Waals surface area contributed by atoms with Crippen LogP contribution in [0.25, 0.3) is 0 Å². The van der Waals surface area contributed by atoms with Gasteiger partial charge in [-0.25, -0.2) is 4.99 Å². The first-order valence-corrected chi connectivity index (χ1v) is 9.24. The summed E-state index contributed by atoms with van der Waals surface area (Å²) in [6, 6.07) is 13.4. The van der Waals surface area contributed by atoms with Crippen LogP contribution in [0.2, 0.25) is 0 Å². The Morgan fingerprint density at radius 3 is 2.30 bits per heavy atom. The zero-order chi connectivity index (χ0) is 19.6. The van der Waals surface area contributed by atoms with E-state index in [0.717, 1.165) is 22.7 Å². The Bertz CT molecular complexity index is 743. The van der Waals surface area contributed by atoms with Crippen LogP contribution in [0.5, 0.6) is 17.2 Å². The van der Waals surface area contributed by atoms with Crippen molar-refractivity contribution < 1.29 is 14.2 Å². The van der Waals surface area contributed by atoms with Crippen LogP contribution in [0.15, 0.2) is 47.5 Å². The van der Waals surface area contributed by atoms with E-state index in [1.54, 1.807) is 0 Å². The van der Waals surface area contributed by atoms with Gasteiger partial charge in [-0.3, -0.25) is 0 Å². The van der Waals surface area contributed by atoms with Gasteiger partial charge in [-0.1, -0.05) is 12.1 Å². The van der Waals surface area contributed by atoms with Gasteiger partial charge < -0.3 is 25.3 Å². The molecule has 0 aliphatic carbocycles. The number of nitrogens with two attached hydrogens (primary N) is 1. The van der Waals surface area contributed by atoms with E-state index < -0.39 is 0 Å². The summed E-state index contributed by atoms with van der Waals surface area (Å²) in [6.07, 6.45) is 0.153. The number of hydrogen-bond donors (Lipinski definition) is 2. The summed E-state index contributed by atoms with van der Waals surface area (Å²) in [4.78, 5) is 4.40. The molecular weight excluding hydrogens is 342 g/mol. The van der Waals surface area contributed by atoms with Crippen LogP contribution in [-0.2, 0) is 6.54 Å². The molecule has 0 saturated heterocycles. The lowest BCUT2D eigenvalue weighted by molar-refractivity contribution is 0.242. The molecule has 3 N–H and O–H groups in total. The monoisotopic (exact) mass is 371 g/mol. The standard InChI is InChI=1S/C21H29N3O3/c1-5-25-18-11-12-20(26-6-2)19(13-18)24-21(22)23-14-16-7-9-17(10-8-16)27-15(3)4/h7-13,15H,5-6,14H2,1-4H3,(H3,22,23,24). The highest BCUT2D eigenvalue weighted by atomic mass is 16.5. The predicted octanol–water partition coefficient (Wildman–Crippen LogP) is 4.20. The fourth-order valence-electron chi connectivity index (χ4n) is 2.44. The summed E-state index contributed by atoms with van der Waals surface area (Å²) in [7, 11) is 0. The molecule has 27 heavy (non-hydrogen) atoms. The number of guanidine groups is 1. The lowest BCUT2D eigenvalue weighted by atomic mass is 10.2. The molecule has 6 nitrogen and oxygen atoms in total. The van der Waals surface area contributed by atoms with Crippen molar-refractivity contribution in [1.82, 2.24) is 0 Å². The Morgan fingerprint density at radius 2 is 1.67 bits per heavy atom. The van der Waals surface area contributed by atoms with E-state index in [-0.39, 0.29) is 6.10 Å². The molecule has 2 aromatic carbocycles. The van der Waals surface area contributed by atoms with Crippen molar-refractivity contribution in [2.24, 2.45) is 10.7 Å². The second kappa shape index (κ2) is 10.3. The maximum Gasteiger partial charge on any atom is 0.193 e. The minimum absolute atomic E-state index is 0.153. The zero-order valence-corrected chi connectivity index (χ0v) is 16.5. The molecule has 0 atom stereocenters. The van der Waals surface area contributed by atoms with Crippen LogP contribution >= 0.6 is 0 Å². The third-order valence-corrected chi connectivity index (χ3v) is 3.55. The van der Waals surface area contributed by atoms with Crippen LogP contribution < -0.4 is 25.3 Å². The average molecular weight is 371 g/mol. The third kappa shape index (κ3) is 6.73. The second-order valence-corrected chi connectivity index (χ2v) is 6.16. The molecule has 146 valence electrons. The van der Waals surface area contributed by atoms with Crippen LogP contribution in [0.3, 0.4) is 0 Å². The number of nitrogens with one attached hydrogen (secondary N) is 1. The fourth-order valence-corrected chi connectivity index (χ4v) is 2.44. The van der Waals surface area contributed by atoms with Gasteiger partial charge in [0.25, 0.3) is 0 Å². The van der Waals surface area contributed by atoms with E-state index in [4.69, 9.17) is 19.9 Å². The van der Waals surface area contributed by atoms with Crippen molar-refractivity contribution in [3.05, 3.63) is 48.0 Å². The summed E-state index contributed by atoms with van der Waals surface area (Å²) in [6.45, 7) is 9.50. The largest absolute Gasteiger partial charge is 0.494 e. The lowest BCUT2D eigenvalue weighted by Crippen LogP contribution is -2.23. The van der Waals surface area contributed by atoms with E-state index >= 15 is 0 Å². The van der Waals surface area contributed by atoms with Gasteiger partial charge in [0.05, 0.1) is 31.5 Å². The van der Waals surface area contributed by atoms with Gasteiger partial charge in [0.2, 0.25) is 0 Å². The Kier molecular flexibility index (Phi) is 7.79. The number of anilines is 1. The topological polar surface area (TPSA) is 78.1 Å². The van der Waals surface area contributed by atoms with E-state index in [0.29, 0.717) is 31.5 Å². The Balaban J connectivity index is 2.04. The molecule has 0 bridgehead atoms. The number of nitrogens with zero attached hydrogens (tertiary/aromatic N) is 1. The molecule has 0 spiro atoms. The van der Waals surface area contributed by atoms with Gasteiger partial charge in [-0.05, 0) is 57.5 Å². The molecular formula is C21H29N3O3. The number of aliphatic imine (C=N–C) groups is 1. The Hall–Kier alpha value is -2.89. The van der Waals surface area contributed by atoms with E-state index in [1.165, 1.54) is 0 Å². The molecule has 0 radical (unpaired) electrons. The van der Waals surface area contributed by atoms with Gasteiger partial charge in [-0.15, -0.1) is 0 Å². The van der Waals surface area contributed by atoms with E-state index in [1.807, 2.05) is 70.2 Å². The SMILES string of the molecule is CCOc1ccc(OCC)c(NC(N)=NCc2ccc(OC(C)C)cc2)c1. The van der Waals surface area contributed by atoms with Crippen LogP contribution in [0.4, 0.5) is 5.69 Å². The normalized spacial score (nSPS) is 11.4. The van der Waals surface area contributed by atoms with Gasteiger partial charge in [0.15, 0.2) is 5.96 Å². The maximum absolute atomic E-state index is 6.06. The summed E-state index contributed by atoms with van der Waals surface area (Å²) in [5.41, 5.74) is 7.83. The van der Waals surface area contributed by atoms with Crippen molar-refractivity contribution in [2.45, 2.75) is 40.3 Å². The molecule has 0 saturated carbocycles. The summed E-state index contributed by atoms with van der Waals surface area (Å²) in [5.74, 6) is 2.61. The molecule has 2 rings (SSSR count). The molecule has 0 aliphatic heterocycles. The van der Waals surface area contributed by atoms with Crippen LogP contribution in [0.1, 0.15) is 33.3 Å². The van der Waals surface area contributed by atoms with E-state index in [9.17, 15) is 0 Å². The average Bonchev–Trinajstić information content (AvgIpc) is 2.63. The van der Waals surface area contributed by atoms with Crippen molar-refractivity contribution >= 4 is 11.6 Å². The molecule has 0 heterocycles. The molecule has 0 aromatic heterocycles. The highest BCUT2D eigenvalue weighted by Crippen LogP contribution is 2.29. The lowest BCUT2D eigenvalue weighted by Gasteiger charge is -2.14. The van der Waals surface area contributed by atoms with Crippen molar-refractivity contribution in [3.63, 3.8) is 0 Å². The summed E-state index contributed by atoms with van der Waals surface area (Å²) in [5, 5.41) is 3.10. The quantitative estimate of drug-likeness (QED) is 0.510. The Morgan fingerprint density at radius 1 is 1.00 bits per heavy atom. The summed E-state index contributed by atoms with van der Waals surface area (Å²) < 4.78 is 16.8. The van der Waals surface area contributed by atoms with Crippen molar-refractivity contribution in [3.8, 4) is 17.2 Å². The zero-order valence-electron chi connectivity index (χ0n) is 16.5.